The van der Waals surface area contributed by atoms with E-state index < -0.39 is 66.0 Å². The van der Waals surface area contributed by atoms with E-state index in [-0.39, 0.29) is 19.3 Å². The molecule has 6 atom stereocenters. The number of aromatic amines is 1. The van der Waals surface area contributed by atoms with Crippen LogP contribution >= 0.6 is 0 Å². The summed E-state index contributed by atoms with van der Waals surface area (Å²) in [5.41, 5.74) is 12.9. The number of carbonyl (C=O) groups excluding carboxylic acids is 4. The number of para-hydroxylation sites is 1. The summed E-state index contributed by atoms with van der Waals surface area (Å²) in [5, 5.41) is 36.4. The molecule has 11 N–H and O–H groups in total. The standard InChI is InChI=1S/C24H34N6O8/c1-11(31)19(23(36)30-20(12(2)32)24(37)38)29-22(35)17(7-8-18(26)33)28-21(34)15(25)9-13-10-27-16-6-4-3-5-14(13)16/h3-6,10-12,15,17,19-20,27,31-32H,7-9,25H2,1-2H3,(H2,26,33)(H,28,34)(H,29,35)(H,30,36)(H,37,38). The van der Waals surface area contributed by atoms with Crippen LogP contribution in [0.5, 0.6) is 0 Å². The normalized spacial score (nSPS) is 15.9. The number of aliphatic carboxylic acids is 1. The first-order chi connectivity index (χ1) is 17.8. The van der Waals surface area contributed by atoms with Gasteiger partial charge in [0, 0.05) is 23.5 Å². The lowest BCUT2D eigenvalue weighted by Crippen LogP contribution is -2.61. The number of nitrogens with one attached hydrogen (secondary N) is 4. The summed E-state index contributed by atoms with van der Waals surface area (Å²) >= 11 is 0. The summed E-state index contributed by atoms with van der Waals surface area (Å²) in [6.07, 6.45) is -1.62. The number of aromatic nitrogens is 1. The maximum absolute atomic E-state index is 13.0. The molecule has 14 nitrogen and oxygen atoms in total. The second kappa shape index (κ2) is 13.5. The van der Waals surface area contributed by atoms with Crippen molar-refractivity contribution in [3.05, 3.63) is 36.0 Å². The molecule has 6 unspecified atom stereocenters. The zero-order chi connectivity index (χ0) is 28.6. The molecule has 14 heteroatoms. The van der Waals surface area contributed by atoms with E-state index >= 15 is 0 Å². The molecule has 38 heavy (non-hydrogen) atoms. The third-order valence-electron chi connectivity index (χ3n) is 5.87. The molecule has 0 spiro atoms. The first-order valence-electron chi connectivity index (χ1n) is 11.9. The van der Waals surface area contributed by atoms with E-state index in [0.29, 0.717) is 0 Å². The smallest absolute Gasteiger partial charge is 0.328 e. The number of carboxylic acid groups (broad SMARTS) is 1. The predicted octanol–water partition coefficient (Wildman–Crippen LogP) is -2.40. The van der Waals surface area contributed by atoms with Crippen LogP contribution in [0.25, 0.3) is 10.9 Å². The number of carbonyl (C=O) groups is 5. The second-order valence-corrected chi connectivity index (χ2v) is 9.03. The second-order valence-electron chi connectivity index (χ2n) is 9.03. The van der Waals surface area contributed by atoms with E-state index in [4.69, 9.17) is 11.5 Å². The first kappa shape index (κ1) is 30.2. The van der Waals surface area contributed by atoms with Gasteiger partial charge in [-0.2, -0.15) is 0 Å². The van der Waals surface area contributed by atoms with Crippen molar-refractivity contribution in [3.63, 3.8) is 0 Å². The van der Waals surface area contributed by atoms with Gasteiger partial charge in [0.25, 0.3) is 0 Å². The van der Waals surface area contributed by atoms with Crippen molar-refractivity contribution in [1.29, 1.82) is 0 Å². The molecule has 0 saturated carbocycles. The molecule has 1 aromatic carbocycles. The number of H-pyrrole nitrogens is 1. The molecule has 0 aliphatic carbocycles. The fraction of sp³-hybridized carbons (Fsp3) is 0.458. The first-order valence-corrected chi connectivity index (χ1v) is 11.9. The minimum absolute atomic E-state index is 0.134. The Morgan fingerprint density at radius 2 is 1.53 bits per heavy atom. The van der Waals surface area contributed by atoms with Crippen LogP contribution in [0.4, 0.5) is 0 Å². The molecule has 2 rings (SSSR count). The minimum Gasteiger partial charge on any atom is -0.480 e. The quantitative estimate of drug-likeness (QED) is 0.125. The maximum atomic E-state index is 13.0. The molecule has 4 amide bonds. The van der Waals surface area contributed by atoms with Crippen molar-refractivity contribution in [2.75, 3.05) is 0 Å². The maximum Gasteiger partial charge on any atom is 0.328 e. The minimum atomic E-state index is -1.70. The molecule has 1 heterocycles. The van der Waals surface area contributed by atoms with Crippen molar-refractivity contribution in [1.82, 2.24) is 20.9 Å². The fourth-order valence-corrected chi connectivity index (χ4v) is 3.76. The summed E-state index contributed by atoms with van der Waals surface area (Å²) in [4.78, 5) is 64.1. The molecule has 0 bridgehead atoms. The Labute approximate surface area is 218 Å². The van der Waals surface area contributed by atoms with Gasteiger partial charge in [-0.25, -0.2) is 4.79 Å². The number of amides is 4. The van der Waals surface area contributed by atoms with E-state index in [1.54, 1.807) is 6.20 Å². The topological polar surface area (TPSA) is 250 Å². The number of aliphatic hydroxyl groups excluding tert-OH is 2. The van der Waals surface area contributed by atoms with Crippen LogP contribution in [0.15, 0.2) is 30.5 Å². The van der Waals surface area contributed by atoms with Gasteiger partial charge >= 0.3 is 5.97 Å². The van der Waals surface area contributed by atoms with E-state index in [0.717, 1.165) is 23.4 Å². The zero-order valence-corrected chi connectivity index (χ0v) is 21.0. The Balaban J connectivity index is 2.14. The van der Waals surface area contributed by atoms with Crippen LogP contribution in [-0.2, 0) is 30.4 Å². The van der Waals surface area contributed by atoms with Crippen LogP contribution in [0.2, 0.25) is 0 Å². The van der Waals surface area contributed by atoms with E-state index in [2.05, 4.69) is 15.6 Å². The van der Waals surface area contributed by atoms with Crippen LogP contribution in [0.1, 0.15) is 32.3 Å². The number of benzene rings is 1. The van der Waals surface area contributed by atoms with Gasteiger partial charge in [-0.1, -0.05) is 18.2 Å². The lowest BCUT2D eigenvalue weighted by molar-refractivity contribution is -0.146. The molecule has 0 fully saturated rings. The highest BCUT2D eigenvalue weighted by Crippen LogP contribution is 2.18. The number of hydrogen-bond acceptors (Lipinski definition) is 8. The van der Waals surface area contributed by atoms with Crippen molar-refractivity contribution in [3.8, 4) is 0 Å². The van der Waals surface area contributed by atoms with Gasteiger partial charge in [-0.3, -0.25) is 19.2 Å². The van der Waals surface area contributed by atoms with Gasteiger partial charge in [0.15, 0.2) is 6.04 Å². The monoisotopic (exact) mass is 534 g/mol. The van der Waals surface area contributed by atoms with Crippen LogP contribution in [0, 0.1) is 0 Å². The molecular weight excluding hydrogens is 500 g/mol. The largest absolute Gasteiger partial charge is 0.480 e. The molecular formula is C24H34N6O8. The van der Waals surface area contributed by atoms with Crippen LogP contribution in [-0.4, -0.2) is 86.3 Å². The van der Waals surface area contributed by atoms with E-state index in [9.17, 15) is 39.3 Å². The molecule has 0 aliphatic rings. The Bertz CT molecular complexity index is 1160. The molecule has 0 saturated heterocycles. The molecule has 208 valence electrons. The van der Waals surface area contributed by atoms with Gasteiger partial charge in [-0.05, 0) is 38.3 Å². The summed E-state index contributed by atoms with van der Waals surface area (Å²) in [7, 11) is 0. The number of rotatable bonds is 14. The highest BCUT2D eigenvalue weighted by atomic mass is 16.4. The molecule has 1 aromatic heterocycles. The van der Waals surface area contributed by atoms with Gasteiger partial charge in [-0.15, -0.1) is 0 Å². The Morgan fingerprint density at radius 3 is 2.11 bits per heavy atom. The molecule has 2 aromatic rings. The average Bonchev–Trinajstić information content (AvgIpc) is 3.24. The van der Waals surface area contributed by atoms with Crippen molar-refractivity contribution in [2.24, 2.45) is 11.5 Å². The Morgan fingerprint density at radius 1 is 0.921 bits per heavy atom. The average molecular weight is 535 g/mol. The van der Waals surface area contributed by atoms with Crippen molar-refractivity contribution >= 4 is 40.5 Å². The SMILES string of the molecule is CC(O)C(NC(=O)C(NC(=O)C(CCC(N)=O)NC(=O)C(N)Cc1c[nH]c2ccccc12)C(C)O)C(=O)O. The fourth-order valence-electron chi connectivity index (χ4n) is 3.76. The lowest BCUT2D eigenvalue weighted by atomic mass is 10.0. The Hall–Kier alpha value is -4.01. The Kier molecular flexibility index (Phi) is 10.7. The van der Waals surface area contributed by atoms with E-state index in [1.807, 2.05) is 29.6 Å². The summed E-state index contributed by atoms with van der Waals surface area (Å²) in [6.45, 7) is 2.32. The summed E-state index contributed by atoms with van der Waals surface area (Å²) < 4.78 is 0. The van der Waals surface area contributed by atoms with Crippen molar-refractivity contribution < 1.29 is 39.3 Å². The lowest BCUT2D eigenvalue weighted by Gasteiger charge is -2.27. The summed E-state index contributed by atoms with van der Waals surface area (Å²) in [6, 6.07) is 1.64. The number of aliphatic hydroxyl groups is 2. The van der Waals surface area contributed by atoms with Gasteiger partial charge in [0.1, 0.15) is 12.1 Å². The number of fused-ring (bicyclic) bond motifs is 1. The molecule has 0 aliphatic heterocycles. The summed E-state index contributed by atoms with van der Waals surface area (Å²) in [5.74, 6) is -5.01. The third kappa shape index (κ3) is 8.26. The zero-order valence-electron chi connectivity index (χ0n) is 21.0. The van der Waals surface area contributed by atoms with Gasteiger partial charge in [0.05, 0.1) is 18.2 Å². The predicted molar refractivity (Wildman–Crippen MR) is 135 cm³/mol. The molecule has 0 radical (unpaired) electrons. The third-order valence-corrected chi connectivity index (χ3v) is 5.87. The van der Waals surface area contributed by atoms with Gasteiger partial charge < -0.3 is 47.7 Å². The van der Waals surface area contributed by atoms with Crippen LogP contribution in [0.3, 0.4) is 0 Å². The number of primary amides is 1. The number of hydrogen-bond donors (Lipinski definition) is 9. The van der Waals surface area contributed by atoms with E-state index in [1.165, 1.54) is 6.92 Å². The number of carboxylic acids is 1. The van der Waals surface area contributed by atoms with Crippen molar-refractivity contribution in [2.45, 2.75) is 69.5 Å². The highest BCUT2D eigenvalue weighted by Gasteiger charge is 2.34. The van der Waals surface area contributed by atoms with Gasteiger partial charge in [0.2, 0.25) is 23.6 Å². The number of nitrogens with two attached hydrogens (primary N) is 2. The van der Waals surface area contributed by atoms with Crippen LogP contribution < -0.4 is 27.4 Å². The highest BCUT2D eigenvalue weighted by molar-refractivity contribution is 5.95.